The first kappa shape index (κ1) is 14.3. The summed E-state index contributed by atoms with van der Waals surface area (Å²) in [5.41, 5.74) is 6.89. The number of hydrogen-bond acceptors (Lipinski definition) is 4. The van der Waals surface area contributed by atoms with E-state index in [1.807, 2.05) is 0 Å². The number of nitrogens with one attached hydrogen (secondary N) is 2. The van der Waals surface area contributed by atoms with Gasteiger partial charge in [-0.3, -0.25) is 0 Å². The maximum Gasteiger partial charge on any atom is 0.240 e. The van der Waals surface area contributed by atoms with Gasteiger partial charge in [-0.05, 0) is 43.0 Å². The van der Waals surface area contributed by atoms with Crippen LogP contribution in [0, 0.1) is 5.92 Å². The predicted octanol–water partition coefficient (Wildman–Crippen LogP) is 1.13. The Morgan fingerprint density at radius 3 is 2.47 bits per heavy atom. The van der Waals surface area contributed by atoms with Gasteiger partial charge in [0.15, 0.2) is 0 Å². The summed E-state index contributed by atoms with van der Waals surface area (Å²) in [5.74, 6) is 0.654. The highest BCUT2D eigenvalue weighted by molar-refractivity contribution is 7.89. The number of anilines is 1. The zero-order valence-electron chi connectivity index (χ0n) is 11.1. The highest BCUT2D eigenvalue weighted by atomic mass is 32.2. The van der Waals surface area contributed by atoms with E-state index < -0.39 is 10.0 Å². The van der Waals surface area contributed by atoms with Gasteiger partial charge in [0.05, 0.1) is 4.90 Å². The molecule has 0 radical (unpaired) electrons. The topological polar surface area (TPSA) is 84.2 Å². The molecule has 19 heavy (non-hydrogen) atoms. The second-order valence-electron chi connectivity index (χ2n) is 4.91. The molecule has 5 nitrogen and oxygen atoms in total. The third kappa shape index (κ3) is 3.92. The van der Waals surface area contributed by atoms with Gasteiger partial charge >= 0.3 is 0 Å². The Bertz CT molecular complexity index is 509. The Hall–Kier alpha value is -1.11. The third-order valence-corrected chi connectivity index (χ3v) is 4.83. The minimum atomic E-state index is -3.36. The first-order chi connectivity index (χ1) is 9.03. The first-order valence-corrected chi connectivity index (χ1v) is 8.10. The second kappa shape index (κ2) is 5.90. The van der Waals surface area contributed by atoms with Gasteiger partial charge in [-0.15, -0.1) is 0 Å². The molecule has 1 aliphatic rings. The van der Waals surface area contributed by atoms with Crippen LogP contribution in [0.5, 0.6) is 0 Å². The molecule has 2 rings (SSSR count). The Labute approximate surface area is 114 Å². The van der Waals surface area contributed by atoms with E-state index in [0.717, 1.165) is 12.2 Å². The molecular weight excluding hydrogens is 262 g/mol. The quantitative estimate of drug-likeness (QED) is 0.700. The highest BCUT2D eigenvalue weighted by Gasteiger charge is 2.27. The van der Waals surface area contributed by atoms with E-state index in [1.54, 1.807) is 31.2 Å². The maximum atomic E-state index is 11.8. The number of sulfonamides is 1. The van der Waals surface area contributed by atoms with Gasteiger partial charge in [-0.2, -0.15) is 0 Å². The summed E-state index contributed by atoms with van der Waals surface area (Å²) in [7, 11) is -3.36. The van der Waals surface area contributed by atoms with Crippen LogP contribution in [0.15, 0.2) is 29.2 Å². The SMILES string of the molecule is CCNS(=O)(=O)c1ccc(NCC(N)C2CC2)cc1. The van der Waals surface area contributed by atoms with Gasteiger partial charge in [-0.1, -0.05) is 6.92 Å². The standard InChI is InChI=1S/C13H21N3O2S/c1-2-16-19(17,18)12-7-5-11(6-8-12)15-9-13(14)10-3-4-10/h5-8,10,13,15-16H,2-4,9,14H2,1H3. The minimum absolute atomic E-state index is 0.185. The van der Waals surface area contributed by atoms with E-state index in [4.69, 9.17) is 5.73 Å². The lowest BCUT2D eigenvalue weighted by Gasteiger charge is -2.13. The summed E-state index contributed by atoms with van der Waals surface area (Å²) in [6.07, 6.45) is 2.45. The molecule has 4 N–H and O–H groups in total. The summed E-state index contributed by atoms with van der Waals surface area (Å²) in [6.45, 7) is 2.87. The molecular formula is C13H21N3O2S. The van der Waals surface area contributed by atoms with Crippen molar-refractivity contribution in [3.8, 4) is 0 Å². The smallest absolute Gasteiger partial charge is 0.240 e. The molecule has 106 valence electrons. The fraction of sp³-hybridized carbons (Fsp3) is 0.538. The van der Waals surface area contributed by atoms with Crippen molar-refractivity contribution < 1.29 is 8.42 Å². The summed E-state index contributed by atoms with van der Waals surface area (Å²) >= 11 is 0. The molecule has 1 fully saturated rings. The van der Waals surface area contributed by atoms with Crippen molar-refractivity contribution in [2.24, 2.45) is 11.7 Å². The van der Waals surface area contributed by atoms with Crippen LogP contribution in [0.4, 0.5) is 5.69 Å². The van der Waals surface area contributed by atoms with Crippen LogP contribution in [0.1, 0.15) is 19.8 Å². The van der Waals surface area contributed by atoms with E-state index in [9.17, 15) is 8.42 Å². The fourth-order valence-corrected chi connectivity index (χ4v) is 2.99. The summed E-state index contributed by atoms with van der Waals surface area (Å²) in [6, 6.07) is 6.92. The van der Waals surface area contributed by atoms with E-state index in [1.165, 1.54) is 12.8 Å². The van der Waals surface area contributed by atoms with Gasteiger partial charge in [0, 0.05) is 24.8 Å². The molecule has 1 aliphatic carbocycles. The molecule has 0 aliphatic heterocycles. The van der Waals surface area contributed by atoms with Crippen molar-refractivity contribution in [3.05, 3.63) is 24.3 Å². The van der Waals surface area contributed by atoms with Crippen LogP contribution >= 0.6 is 0 Å². The lowest BCUT2D eigenvalue weighted by Crippen LogP contribution is -2.31. The Morgan fingerprint density at radius 2 is 1.95 bits per heavy atom. The molecule has 0 bridgehead atoms. The van der Waals surface area contributed by atoms with Crippen LogP contribution in [-0.2, 0) is 10.0 Å². The third-order valence-electron chi connectivity index (χ3n) is 3.27. The van der Waals surface area contributed by atoms with Crippen molar-refractivity contribution >= 4 is 15.7 Å². The van der Waals surface area contributed by atoms with Gasteiger partial charge in [0.1, 0.15) is 0 Å². The molecule has 1 aromatic rings. The zero-order chi connectivity index (χ0) is 13.9. The van der Waals surface area contributed by atoms with Gasteiger partial charge in [-0.25, -0.2) is 13.1 Å². The van der Waals surface area contributed by atoms with E-state index >= 15 is 0 Å². The van der Waals surface area contributed by atoms with Gasteiger partial charge in [0.2, 0.25) is 10.0 Å². The molecule has 1 aromatic carbocycles. The van der Waals surface area contributed by atoms with E-state index in [-0.39, 0.29) is 10.9 Å². The molecule has 6 heteroatoms. The average molecular weight is 283 g/mol. The molecule has 1 unspecified atom stereocenters. The van der Waals surface area contributed by atoms with Crippen molar-refractivity contribution in [1.29, 1.82) is 0 Å². The molecule has 0 saturated heterocycles. The van der Waals surface area contributed by atoms with Crippen LogP contribution < -0.4 is 15.8 Å². The van der Waals surface area contributed by atoms with Crippen LogP contribution in [0.3, 0.4) is 0 Å². The number of nitrogens with two attached hydrogens (primary N) is 1. The average Bonchev–Trinajstić information content (AvgIpc) is 3.20. The van der Waals surface area contributed by atoms with Gasteiger partial charge < -0.3 is 11.1 Å². The second-order valence-corrected chi connectivity index (χ2v) is 6.67. The molecule has 0 spiro atoms. The highest BCUT2D eigenvalue weighted by Crippen LogP contribution is 2.31. The Morgan fingerprint density at radius 1 is 1.32 bits per heavy atom. The number of benzene rings is 1. The van der Waals surface area contributed by atoms with Crippen LogP contribution in [0.2, 0.25) is 0 Å². The Kier molecular flexibility index (Phi) is 4.44. The minimum Gasteiger partial charge on any atom is -0.383 e. The van der Waals surface area contributed by atoms with Crippen LogP contribution in [0.25, 0.3) is 0 Å². The number of hydrogen-bond donors (Lipinski definition) is 3. The van der Waals surface area contributed by atoms with Crippen molar-refractivity contribution in [3.63, 3.8) is 0 Å². The maximum absolute atomic E-state index is 11.8. The summed E-state index contributed by atoms with van der Waals surface area (Å²) < 4.78 is 26.0. The Balaban J connectivity index is 1.94. The lowest BCUT2D eigenvalue weighted by atomic mass is 10.2. The lowest BCUT2D eigenvalue weighted by molar-refractivity contribution is 0.584. The fourth-order valence-electron chi connectivity index (χ4n) is 1.95. The van der Waals surface area contributed by atoms with Crippen molar-refractivity contribution in [2.45, 2.75) is 30.7 Å². The zero-order valence-corrected chi connectivity index (χ0v) is 11.9. The molecule has 0 aromatic heterocycles. The molecule has 1 saturated carbocycles. The predicted molar refractivity (Wildman–Crippen MR) is 76.5 cm³/mol. The van der Waals surface area contributed by atoms with Crippen LogP contribution in [-0.4, -0.2) is 27.5 Å². The normalized spacial score (nSPS) is 17.2. The number of rotatable bonds is 7. The summed E-state index contributed by atoms with van der Waals surface area (Å²) in [5, 5.41) is 3.24. The van der Waals surface area contributed by atoms with Crippen molar-refractivity contribution in [2.75, 3.05) is 18.4 Å². The molecule has 0 amide bonds. The monoisotopic (exact) mass is 283 g/mol. The van der Waals surface area contributed by atoms with E-state index in [2.05, 4.69) is 10.0 Å². The first-order valence-electron chi connectivity index (χ1n) is 6.62. The largest absolute Gasteiger partial charge is 0.383 e. The van der Waals surface area contributed by atoms with E-state index in [0.29, 0.717) is 12.5 Å². The molecule has 0 heterocycles. The molecule has 1 atom stereocenters. The summed E-state index contributed by atoms with van der Waals surface area (Å²) in [4.78, 5) is 0.284. The van der Waals surface area contributed by atoms with Gasteiger partial charge in [0.25, 0.3) is 0 Å². The van der Waals surface area contributed by atoms with Crippen molar-refractivity contribution in [1.82, 2.24) is 4.72 Å².